The molecular weight excluding hydrogens is 360 g/mol. The fourth-order valence-corrected chi connectivity index (χ4v) is 3.11. The first-order valence-electron chi connectivity index (χ1n) is 7.96. The van der Waals surface area contributed by atoms with Crippen molar-refractivity contribution in [3.8, 4) is 0 Å². The lowest BCUT2D eigenvalue weighted by Crippen LogP contribution is -2.38. The lowest BCUT2D eigenvalue weighted by atomic mass is 10.0. The molecule has 1 aliphatic heterocycles. The summed E-state index contributed by atoms with van der Waals surface area (Å²) in [5.74, 6) is -1.13. The summed E-state index contributed by atoms with van der Waals surface area (Å²) in [5, 5.41) is 10.6. The second kappa shape index (κ2) is 7.53. The second-order valence-corrected chi connectivity index (χ2v) is 6.18. The highest BCUT2D eigenvalue weighted by Gasteiger charge is 2.24. The number of para-hydroxylation sites is 1. The zero-order valence-corrected chi connectivity index (χ0v) is 14.4. The SMILES string of the molecule is O=C(OCC(=O)N1CCCc2ccccc21)c1ccc([N+](=O)[O-])cc1Cl. The molecular formula is C18H15ClN2O5. The molecule has 1 aliphatic rings. The van der Waals surface area contributed by atoms with Gasteiger partial charge in [0.1, 0.15) is 0 Å². The van der Waals surface area contributed by atoms with Crippen LogP contribution in [0.15, 0.2) is 42.5 Å². The molecule has 0 bridgehead atoms. The third-order valence-corrected chi connectivity index (χ3v) is 4.43. The van der Waals surface area contributed by atoms with Gasteiger partial charge >= 0.3 is 5.97 Å². The Labute approximate surface area is 154 Å². The van der Waals surface area contributed by atoms with Crippen molar-refractivity contribution in [1.82, 2.24) is 0 Å². The number of nitro groups is 1. The monoisotopic (exact) mass is 374 g/mol. The van der Waals surface area contributed by atoms with Crippen molar-refractivity contribution in [1.29, 1.82) is 0 Å². The Bertz CT molecular complexity index is 884. The lowest BCUT2D eigenvalue weighted by Gasteiger charge is -2.29. The number of carbonyl (C=O) groups is 2. The van der Waals surface area contributed by atoms with E-state index in [-0.39, 0.29) is 22.2 Å². The van der Waals surface area contributed by atoms with E-state index in [0.29, 0.717) is 6.54 Å². The van der Waals surface area contributed by atoms with Crippen LogP contribution in [-0.2, 0) is 16.0 Å². The molecule has 2 aromatic rings. The summed E-state index contributed by atoms with van der Waals surface area (Å²) in [5.41, 5.74) is 1.65. The number of nitro benzene ring substituents is 1. The van der Waals surface area contributed by atoms with E-state index < -0.39 is 17.5 Å². The molecule has 8 heteroatoms. The van der Waals surface area contributed by atoms with E-state index in [1.54, 1.807) is 4.90 Å². The highest BCUT2D eigenvalue weighted by atomic mass is 35.5. The van der Waals surface area contributed by atoms with Crippen molar-refractivity contribution in [3.63, 3.8) is 0 Å². The minimum absolute atomic E-state index is 0.0240. The van der Waals surface area contributed by atoms with Gasteiger partial charge in [-0.15, -0.1) is 0 Å². The van der Waals surface area contributed by atoms with Gasteiger partial charge in [-0.2, -0.15) is 0 Å². The number of hydrogen-bond donors (Lipinski definition) is 0. The molecule has 3 rings (SSSR count). The largest absolute Gasteiger partial charge is 0.452 e. The molecule has 0 spiro atoms. The summed E-state index contributed by atoms with van der Waals surface area (Å²) in [6, 6.07) is 11.0. The molecule has 1 heterocycles. The molecule has 0 saturated heterocycles. The maximum Gasteiger partial charge on any atom is 0.340 e. The Morgan fingerprint density at radius 2 is 2.00 bits per heavy atom. The van der Waals surface area contributed by atoms with Gasteiger partial charge < -0.3 is 9.64 Å². The number of fused-ring (bicyclic) bond motifs is 1. The predicted octanol–water partition coefficient (Wildman–Crippen LogP) is 3.38. The van der Waals surface area contributed by atoms with E-state index in [4.69, 9.17) is 16.3 Å². The fourth-order valence-electron chi connectivity index (χ4n) is 2.86. The quantitative estimate of drug-likeness (QED) is 0.465. The van der Waals surface area contributed by atoms with Gasteiger partial charge in [0.15, 0.2) is 6.61 Å². The average molecular weight is 375 g/mol. The topological polar surface area (TPSA) is 89.8 Å². The Kier molecular flexibility index (Phi) is 5.18. The smallest absolute Gasteiger partial charge is 0.340 e. The molecule has 0 fully saturated rings. The lowest BCUT2D eigenvalue weighted by molar-refractivity contribution is -0.384. The summed E-state index contributed by atoms with van der Waals surface area (Å²) in [6.45, 7) is 0.131. The number of aryl methyl sites for hydroxylation is 1. The number of non-ortho nitro benzene ring substituents is 1. The van der Waals surface area contributed by atoms with Gasteiger partial charge in [0.2, 0.25) is 0 Å². The Morgan fingerprint density at radius 1 is 1.23 bits per heavy atom. The predicted molar refractivity (Wildman–Crippen MR) is 95.5 cm³/mol. The summed E-state index contributed by atoms with van der Waals surface area (Å²) in [4.78, 5) is 36.3. The summed E-state index contributed by atoms with van der Waals surface area (Å²) < 4.78 is 5.05. The minimum atomic E-state index is -0.802. The van der Waals surface area contributed by atoms with Crippen LogP contribution in [0.25, 0.3) is 0 Å². The van der Waals surface area contributed by atoms with Gasteiger partial charge in [0.05, 0.1) is 15.5 Å². The number of carbonyl (C=O) groups excluding carboxylic acids is 2. The van der Waals surface area contributed by atoms with Crippen LogP contribution < -0.4 is 4.90 Å². The first kappa shape index (κ1) is 17.9. The highest BCUT2D eigenvalue weighted by molar-refractivity contribution is 6.33. The molecule has 26 heavy (non-hydrogen) atoms. The maximum atomic E-state index is 12.5. The third-order valence-electron chi connectivity index (χ3n) is 4.12. The van der Waals surface area contributed by atoms with Gasteiger partial charge in [-0.3, -0.25) is 14.9 Å². The maximum absolute atomic E-state index is 12.5. The molecule has 1 amide bonds. The number of benzene rings is 2. The molecule has 0 aliphatic carbocycles. The molecule has 0 radical (unpaired) electrons. The van der Waals surface area contributed by atoms with Crippen molar-refractivity contribution in [2.24, 2.45) is 0 Å². The van der Waals surface area contributed by atoms with Crippen LogP contribution >= 0.6 is 11.6 Å². The van der Waals surface area contributed by atoms with Crippen LogP contribution in [0, 0.1) is 10.1 Å². The molecule has 134 valence electrons. The van der Waals surface area contributed by atoms with E-state index in [1.807, 2.05) is 24.3 Å². The van der Waals surface area contributed by atoms with Crippen molar-refractivity contribution < 1.29 is 19.2 Å². The summed E-state index contributed by atoms with van der Waals surface area (Å²) in [7, 11) is 0. The van der Waals surface area contributed by atoms with Gasteiger partial charge in [-0.1, -0.05) is 29.8 Å². The number of nitrogens with zero attached hydrogens (tertiary/aromatic N) is 2. The minimum Gasteiger partial charge on any atom is -0.452 e. The summed E-state index contributed by atoms with van der Waals surface area (Å²) >= 11 is 5.90. The van der Waals surface area contributed by atoms with E-state index in [9.17, 15) is 19.7 Å². The standard InChI is InChI=1S/C18H15ClN2O5/c19-15-10-13(21(24)25)7-8-14(15)18(23)26-11-17(22)20-9-3-5-12-4-1-2-6-16(12)20/h1-2,4,6-8,10H,3,5,9,11H2. The van der Waals surface area contributed by atoms with E-state index in [0.717, 1.165) is 36.2 Å². The van der Waals surface area contributed by atoms with E-state index in [1.165, 1.54) is 6.07 Å². The van der Waals surface area contributed by atoms with Crippen LogP contribution in [0.3, 0.4) is 0 Å². The number of esters is 1. The van der Waals surface area contributed by atoms with Gasteiger partial charge in [-0.25, -0.2) is 4.79 Å². The Hall–Kier alpha value is -2.93. The van der Waals surface area contributed by atoms with Crippen molar-refractivity contribution >= 4 is 34.9 Å². The normalized spacial score (nSPS) is 13.0. The van der Waals surface area contributed by atoms with Gasteiger partial charge in [-0.05, 0) is 30.5 Å². The number of hydrogen-bond acceptors (Lipinski definition) is 5. The second-order valence-electron chi connectivity index (χ2n) is 5.78. The first-order chi connectivity index (χ1) is 12.5. The molecule has 7 nitrogen and oxygen atoms in total. The zero-order valence-electron chi connectivity index (χ0n) is 13.7. The number of halogens is 1. The zero-order chi connectivity index (χ0) is 18.7. The number of ether oxygens (including phenoxy) is 1. The molecule has 2 aromatic carbocycles. The number of rotatable bonds is 4. The third kappa shape index (κ3) is 3.67. The van der Waals surface area contributed by atoms with E-state index in [2.05, 4.69) is 0 Å². The van der Waals surface area contributed by atoms with Crippen LogP contribution in [0.5, 0.6) is 0 Å². The molecule has 0 unspecified atom stereocenters. The van der Waals surface area contributed by atoms with Crippen LogP contribution in [0.2, 0.25) is 5.02 Å². The highest BCUT2D eigenvalue weighted by Crippen LogP contribution is 2.27. The molecule has 0 aromatic heterocycles. The molecule has 0 N–H and O–H groups in total. The van der Waals surface area contributed by atoms with Crippen LogP contribution in [0.4, 0.5) is 11.4 Å². The first-order valence-corrected chi connectivity index (χ1v) is 8.34. The van der Waals surface area contributed by atoms with Crippen molar-refractivity contribution in [2.45, 2.75) is 12.8 Å². The molecule has 0 atom stereocenters. The Balaban J connectivity index is 1.67. The van der Waals surface area contributed by atoms with Gasteiger partial charge in [0, 0.05) is 24.4 Å². The number of amides is 1. The summed E-state index contributed by atoms with van der Waals surface area (Å²) in [6.07, 6.45) is 1.74. The average Bonchev–Trinajstić information content (AvgIpc) is 2.65. The van der Waals surface area contributed by atoms with Crippen molar-refractivity contribution in [3.05, 3.63) is 68.7 Å². The Morgan fingerprint density at radius 3 is 2.73 bits per heavy atom. The van der Waals surface area contributed by atoms with Gasteiger partial charge in [0.25, 0.3) is 11.6 Å². The van der Waals surface area contributed by atoms with E-state index >= 15 is 0 Å². The van der Waals surface area contributed by atoms with Crippen LogP contribution in [0.1, 0.15) is 22.3 Å². The van der Waals surface area contributed by atoms with Crippen LogP contribution in [-0.4, -0.2) is 30.0 Å². The fraction of sp³-hybridized carbons (Fsp3) is 0.222. The van der Waals surface area contributed by atoms with Crippen molar-refractivity contribution in [2.75, 3.05) is 18.1 Å². The molecule has 0 saturated carbocycles. The number of anilines is 1.